The predicted molar refractivity (Wildman–Crippen MR) is 122 cm³/mol. The molecule has 2 N–H and O–H groups in total. The topological polar surface area (TPSA) is 76.8 Å². The van der Waals surface area contributed by atoms with Gasteiger partial charge in [0.05, 0.1) is 12.8 Å². The van der Waals surface area contributed by atoms with Crippen LogP contribution in [0.3, 0.4) is 0 Å². The minimum atomic E-state index is -0.618. The lowest BCUT2D eigenvalue weighted by Crippen LogP contribution is -2.37. The molecule has 0 aliphatic rings. The van der Waals surface area contributed by atoms with Gasteiger partial charge in [-0.05, 0) is 56.2 Å². The molecule has 0 saturated heterocycles. The molecule has 6 nitrogen and oxygen atoms in total. The summed E-state index contributed by atoms with van der Waals surface area (Å²) in [6.45, 7) is 4.63. The van der Waals surface area contributed by atoms with Crippen molar-refractivity contribution in [2.45, 2.75) is 32.4 Å². The van der Waals surface area contributed by atoms with Crippen molar-refractivity contribution in [3.8, 4) is 11.5 Å². The summed E-state index contributed by atoms with van der Waals surface area (Å²) in [7, 11) is 1.66. The van der Waals surface area contributed by atoms with Crippen LogP contribution in [0, 0.1) is 6.92 Å². The molecule has 0 bridgehead atoms. The number of aliphatic hydroxyl groups is 1. The second kappa shape index (κ2) is 11.3. The average Bonchev–Trinajstić information content (AvgIpc) is 3.21. The second-order valence-corrected chi connectivity index (χ2v) is 7.57. The van der Waals surface area contributed by atoms with Gasteiger partial charge in [0.15, 0.2) is 5.76 Å². The summed E-state index contributed by atoms with van der Waals surface area (Å²) in [6.07, 6.45) is 4.01. The maximum atomic E-state index is 10.4. The first-order chi connectivity index (χ1) is 15.0. The molecular weight excluding hydrogens is 392 g/mol. The summed E-state index contributed by atoms with van der Waals surface area (Å²) < 4.78 is 16.3. The number of aromatic nitrogens is 1. The first-order valence-electron chi connectivity index (χ1n) is 10.4. The van der Waals surface area contributed by atoms with E-state index < -0.39 is 6.10 Å². The van der Waals surface area contributed by atoms with Gasteiger partial charge < -0.3 is 24.4 Å². The SMILES string of the molecule is COc1ccc(CC(C)NCC(O)COc2ccccc2/C=C\c2cc(C)no2)cc1. The average molecular weight is 423 g/mol. The van der Waals surface area contributed by atoms with Crippen LogP contribution in [0.5, 0.6) is 11.5 Å². The van der Waals surface area contributed by atoms with Crippen molar-refractivity contribution in [3.05, 3.63) is 77.2 Å². The predicted octanol–water partition coefficient (Wildman–Crippen LogP) is 4.12. The Morgan fingerprint density at radius 2 is 1.90 bits per heavy atom. The van der Waals surface area contributed by atoms with Crippen LogP contribution >= 0.6 is 0 Å². The number of benzene rings is 2. The Kier molecular flexibility index (Phi) is 8.27. The van der Waals surface area contributed by atoms with Gasteiger partial charge in [0.1, 0.15) is 24.2 Å². The molecule has 3 rings (SSSR count). The smallest absolute Gasteiger partial charge is 0.159 e. The zero-order valence-corrected chi connectivity index (χ0v) is 18.2. The molecule has 6 heteroatoms. The fraction of sp³-hybridized carbons (Fsp3) is 0.320. The third kappa shape index (κ3) is 7.27. The molecule has 0 aliphatic carbocycles. The van der Waals surface area contributed by atoms with Crippen molar-refractivity contribution in [3.63, 3.8) is 0 Å². The molecule has 0 spiro atoms. The highest BCUT2D eigenvalue weighted by atomic mass is 16.5. The molecule has 2 aromatic carbocycles. The number of para-hydroxylation sites is 1. The van der Waals surface area contributed by atoms with Crippen LogP contribution in [0.4, 0.5) is 0 Å². The lowest BCUT2D eigenvalue weighted by atomic mass is 10.1. The number of aliphatic hydroxyl groups excluding tert-OH is 1. The molecule has 164 valence electrons. The fourth-order valence-corrected chi connectivity index (χ4v) is 3.15. The number of aryl methyl sites for hydroxylation is 1. The van der Waals surface area contributed by atoms with Crippen LogP contribution in [0.15, 0.2) is 59.1 Å². The third-order valence-electron chi connectivity index (χ3n) is 4.83. The van der Waals surface area contributed by atoms with E-state index in [0.29, 0.717) is 18.1 Å². The van der Waals surface area contributed by atoms with Crippen LogP contribution in [-0.4, -0.2) is 42.7 Å². The van der Waals surface area contributed by atoms with Crippen molar-refractivity contribution >= 4 is 12.2 Å². The zero-order chi connectivity index (χ0) is 22.1. The maximum absolute atomic E-state index is 10.4. The molecule has 2 atom stereocenters. The van der Waals surface area contributed by atoms with E-state index in [1.54, 1.807) is 7.11 Å². The van der Waals surface area contributed by atoms with Crippen molar-refractivity contribution < 1.29 is 19.1 Å². The number of nitrogens with zero attached hydrogens (tertiary/aromatic N) is 1. The van der Waals surface area contributed by atoms with E-state index in [9.17, 15) is 5.11 Å². The molecule has 31 heavy (non-hydrogen) atoms. The van der Waals surface area contributed by atoms with E-state index in [0.717, 1.165) is 23.4 Å². The third-order valence-corrected chi connectivity index (χ3v) is 4.83. The molecule has 0 saturated carbocycles. The minimum Gasteiger partial charge on any atom is -0.497 e. The quantitative estimate of drug-likeness (QED) is 0.484. The molecule has 3 aromatic rings. The summed E-state index contributed by atoms with van der Waals surface area (Å²) in [5, 5.41) is 17.6. The maximum Gasteiger partial charge on any atom is 0.159 e. The highest BCUT2D eigenvalue weighted by molar-refractivity contribution is 5.70. The lowest BCUT2D eigenvalue weighted by Gasteiger charge is -2.18. The summed E-state index contributed by atoms with van der Waals surface area (Å²) in [4.78, 5) is 0. The largest absolute Gasteiger partial charge is 0.497 e. The van der Waals surface area contributed by atoms with Crippen LogP contribution in [0.2, 0.25) is 0 Å². The number of ether oxygens (including phenoxy) is 2. The molecule has 0 fully saturated rings. The molecule has 0 radical (unpaired) electrons. The Bertz CT molecular complexity index is 966. The fourth-order valence-electron chi connectivity index (χ4n) is 3.15. The highest BCUT2D eigenvalue weighted by Crippen LogP contribution is 2.21. The number of methoxy groups -OCH3 is 1. The normalized spacial score (nSPS) is 13.3. The zero-order valence-electron chi connectivity index (χ0n) is 18.2. The minimum absolute atomic E-state index is 0.203. The van der Waals surface area contributed by atoms with Crippen LogP contribution < -0.4 is 14.8 Å². The molecule has 0 aliphatic heterocycles. The Morgan fingerprint density at radius 1 is 1.13 bits per heavy atom. The Balaban J connectivity index is 1.45. The Labute approximate surface area is 183 Å². The first-order valence-corrected chi connectivity index (χ1v) is 10.4. The van der Waals surface area contributed by atoms with E-state index in [4.69, 9.17) is 14.0 Å². The standard InChI is InChI=1S/C25H30N2O4/c1-18(14-20-8-11-23(29-3)12-9-20)26-16-22(28)17-30-25-7-5-4-6-21(25)10-13-24-15-19(2)27-31-24/h4-13,15,18,22,26,28H,14,16-17H2,1-3H3/b13-10-. The number of nitrogens with one attached hydrogen (secondary N) is 1. The summed E-state index contributed by atoms with van der Waals surface area (Å²) in [5.74, 6) is 2.24. The van der Waals surface area contributed by atoms with Crippen molar-refractivity contribution in [2.75, 3.05) is 20.3 Å². The van der Waals surface area contributed by atoms with E-state index >= 15 is 0 Å². The van der Waals surface area contributed by atoms with E-state index in [1.165, 1.54) is 5.56 Å². The Hall–Kier alpha value is -3.09. The van der Waals surface area contributed by atoms with Gasteiger partial charge in [-0.15, -0.1) is 0 Å². The molecule has 2 unspecified atom stereocenters. The van der Waals surface area contributed by atoms with Crippen LogP contribution in [-0.2, 0) is 6.42 Å². The summed E-state index contributed by atoms with van der Waals surface area (Å²) >= 11 is 0. The van der Waals surface area contributed by atoms with Gasteiger partial charge in [-0.3, -0.25) is 0 Å². The molecule has 0 amide bonds. The van der Waals surface area contributed by atoms with Gasteiger partial charge in [-0.25, -0.2) is 0 Å². The molecule has 1 heterocycles. The first kappa shape index (κ1) is 22.6. The van der Waals surface area contributed by atoms with Gasteiger partial charge in [-0.1, -0.05) is 35.5 Å². The summed E-state index contributed by atoms with van der Waals surface area (Å²) in [5.41, 5.74) is 2.96. The van der Waals surface area contributed by atoms with E-state index in [2.05, 4.69) is 29.5 Å². The van der Waals surface area contributed by atoms with Crippen molar-refractivity contribution in [1.29, 1.82) is 0 Å². The van der Waals surface area contributed by atoms with Crippen molar-refractivity contribution in [1.82, 2.24) is 10.5 Å². The van der Waals surface area contributed by atoms with Crippen LogP contribution in [0.25, 0.3) is 12.2 Å². The highest BCUT2D eigenvalue weighted by Gasteiger charge is 2.10. The van der Waals surface area contributed by atoms with Gasteiger partial charge in [0, 0.05) is 24.2 Å². The lowest BCUT2D eigenvalue weighted by molar-refractivity contribution is 0.104. The van der Waals surface area contributed by atoms with Crippen molar-refractivity contribution in [2.24, 2.45) is 0 Å². The summed E-state index contributed by atoms with van der Waals surface area (Å²) in [6, 6.07) is 17.8. The Morgan fingerprint density at radius 3 is 2.61 bits per heavy atom. The van der Waals surface area contributed by atoms with Gasteiger partial charge in [-0.2, -0.15) is 0 Å². The van der Waals surface area contributed by atoms with Crippen LogP contribution in [0.1, 0.15) is 29.5 Å². The number of hydrogen-bond acceptors (Lipinski definition) is 6. The van der Waals surface area contributed by atoms with Gasteiger partial charge in [0.25, 0.3) is 0 Å². The molecular formula is C25H30N2O4. The molecule has 1 aromatic heterocycles. The van der Waals surface area contributed by atoms with E-state index in [-0.39, 0.29) is 12.6 Å². The van der Waals surface area contributed by atoms with E-state index in [1.807, 2.05) is 61.5 Å². The van der Waals surface area contributed by atoms with Gasteiger partial charge in [0.2, 0.25) is 0 Å². The number of hydrogen-bond donors (Lipinski definition) is 2. The number of rotatable bonds is 11. The van der Waals surface area contributed by atoms with Gasteiger partial charge >= 0.3 is 0 Å². The monoisotopic (exact) mass is 422 g/mol. The second-order valence-electron chi connectivity index (χ2n) is 7.57.